The van der Waals surface area contributed by atoms with Crippen molar-refractivity contribution >= 4 is 11.6 Å². The lowest BCUT2D eigenvalue weighted by molar-refractivity contribution is 0.330. The maximum Gasteiger partial charge on any atom is 0.0292 e. The number of halogens is 1. The quantitative estimate of drug-likeness (QED) is 0.537. The van der Waals surface area contributed by atoms with Gasteiger partial charge in [0.05, 0.1) is 0 Å². The van der Waals surface area contributed by atoms with Gasteiger partial charge in [0.25, 0.3) is 0 Å². The zero-order valence-electron chi connectivity index (χ0n) is 8.90. The Hall–Kier alpha value is 0.210. The molecule has 0 aromatic carbocycles. The molecule has 1 heterocycles. The largest absolute Gasteiger partial charge is 0.315 e. The number of nitrogens with one attached hydrogen (secondary N) is 1. The number of hydrogen-bond acceptors (Lipinski definition) is 2. The van der Waals surface area contributed by atoms with Crippen molar-refractivity contribution in [2.24, 2.45) is 5.41 Å². The minimum absolute atomic E-state index is 0.479. The lowest BCUT2D eigenvalue weighted by Crippen LogP contribution is -2.33. The molecule has 0 bridgehead atoms. The fraction of sp³-hybridized carbons (Fsp3) is 1.00. The first-order valence-electron chi connectivity index (χ1n) is 5.84. The second-order valence-electron chi connectivity index (χ2n) is 4.86. The predicted molar refractivity (Wildman–Crippen MR) is 60.9 cm³/mol. The molecule has 1 saturated carbocycles. The zero-order chi connectivity index (χ0) is 9.86. The second-order valence-corrected chi connectivity index (χ2v) is 5.13. The van der Waals surface area contributed by atoms with Gasteiger partial charge in [0.15, 0.2) is 0 Å². The molecule has 0 spiro atoms. The van der Waals surface area contributed by atoms with Crippen LogP contribution in [0, 0.1) is 5.41 Å². The van der Waals surface area contributed by atoms with E-state index < -0.39 is 0 Å². The van der Waals surface area contributed by atoms with E-state index in [2.05, 4.69) is 10.2 Å². The molecule has 0 radical (unpaired) electrons. The molecule has 1 aliphatic carbocycles. The number of nitrogens with zero attached hydrogens (tertiary/aromatic N) is 1. The van der Waals surface area contributed by atoms with Gasteiger partial charge in [-0.05, 0) is 44.2 Å². The summed E-state index contributed by atoms with van der Waals surface area (Å²) in [5.74, 6) is 0.837. The normalized spacial score (nSPS) is 25.5. The third-order valence-electron chi connectivity index (χ3n) is 3.54. The molecule has 2 rings (SSSR count). The van der Waals surface area contributed by atoms with Gasteiger partial charge in [-0.25, -0.2) is 0 Å². The number of alkyl halides is 1. The summed E-state index contributed by atoms with van der Waals surface area (Å²) in [6, 6.07) is 0. The summed E-state index contributed by atoms with van der Waals surface area (Å²) in [6.45, 7) is 6.10. The summed E-state index contributed by atoms with van der Waals surface area (Å²) >= 11 is 5.91. The van der Waals surface area contributed by atoms with Crippen molar-refractivity contribution in [1.29, 1.82) is 0 Å². The highest BCUT2D eigenvalue weighted by Crippen LogP contribution is 2.45. The van der Waals surface area contributed by atoms with Crippen LogP contribution in [0.15, 0.2) is 0 Å². The van der Waals surface area contributed by atoms with E-state index in [0.717, 1.165) is 19.0 Å². The molecular weight excluding hydrogens is 196 g/mol. The average Bonchev–Trinajstić information content (AvgIpc) is 2.81. The summed E-state index contributed by atoms with van der Waals surface area (Å²) < 4.78 is 0. The van der Waals surface area contributed by atoms with Crippen molar-refractivity contribution in [2.45, 2.75) is 25.7 Å². The summed E-state index contributed by atoms with van der Waals surface area (Å²) in [4.78, 5) is 2.55. The van der Waals surface area contributed by atoms with Crippen LogP contribution in [0.5, 0.6) is 0 Å². The third kappa shape index (κ3) is 2.85. The zero-order valence-corrected chi connectivity index (χ0v) is 9.65. The molecule has 0 amide bonds. The second kappa shape index (κ2) is 4.82. The molecule has 1 aliphatic heterocycles. The van der Waals surface area contributed by atoms with E-state index in [1.807, 2.05) is 0 Å². The van der Waals surface area contributed by atoms with Crippen LogP contribution in [0.25, 0.3) is 0 Å². The standard InChI is InChI=1S/C11H21ClN2/c12-9-11(3-4-11)10-13-5-8-14-6-1-2-7-14/h13H,1-10H2. The van der Waals surface area contributed by atoms with Crippen molar-refractivity contribution in [3.63, 3.8) is 0 Å². The molecule has 0 atom stereocenters. The minimum Gasteiger partial charge on any atom is -0.315 e. The Morgan fingerprint density at radius 1 is 1.21 bits per heavy atom. The van der Waals surface area contributed by atoms with E-state index in [1.54, 1.807) is 0 Å². The van der Waals surface area contributed by atoms with Crippen LogP contribution in [0.4, 0.5) is 0 Å². The maximum absolute atomic E-state index is 5.91. The Labute approximate surface area is 92.0 Å². The number of likely N-dealkylation sites (tertiary alicyclic amines) is 1. The highest BCUT2D eigenvalue weighted by Gasteiger charge is 2.40. The first kappa shape index (κ1) is 10.7. The van der Waals surface area contributed by atoms with Crippen molar-refractivity contribution in [3.05, 3.63) is 0 Å². The predicted octanol–water partition coefficient (Wildman–Crippen LogP) is 1.69. The summed E-state index contributed by atoms with van der Waals surface area (Å²) in [7, 11) is 0. The van der Waals surface area contributed by atoms with Crippen molar-refractivity contribution in [3.8, 4) is 0 Å². The van der Waals surface area contributed by atoms with Crippen molar-refractivity contribution in [1.82, 2.24) is 10.2 Å². The Balaban J connectivity index is 1.50. The molecule has 1 N–H and O–H groups in total. The molecule has 2 fully saturated rings. The van der Waals surface area contributed by atoms with Crippen LogP contribution in [-0.4, -0.2) is 43.5 Å². The number of hydrogen-bond donors (Lipinski definition) is 1. The van der Waals surface area contributed by atoms with E-state index in [-0.39, 0.29) is 0 Å². The Morgan fingerprint density at radius 2 is 1.93 bits per heavy atom. The van der Waals surface area contributed by atoms with E-state index in [9.17, 15) is 0 Å². The van der Waals surface area contributed by atoms with Gasteiger partial charge in [-0.2, -0.15) is 0 Å². The molecule has 82 valence electrons. The highest BCUT2D eigenvalue weighted by molar-refractivity contribution is 6.18. The SMILES string of the molecule is ClCC1(CNCCN2CCCC2)CC1. The van der Waals surface area contributed by atoms with Crippen molar-refractivity contribution in [2.75, 3.05) is 38.6 Å². The minimum atomic E-state index is 0.479. The van der Waals surface area contributed by atoms with Crippen LogP contribution >= 0.6 is 11.6 Å². The third-order valence-corrected chi connectivity index (χ3v) is 4.11. The fourth-order valence-corrected chi connectivity index (χ4v) is 2.49. The van der Waals surface area contributed by atoms with Crippen LogP contribution in [0.3, 0.4) is 0 Å². The Morgan fingerprint density at radius 3 is 2.50 bits per heavy atom. The molecule has 2 nitrogen and oxygen atoms in total. The van der Waals surface area contributed by atoms with E-state index in [4.69, 9.17) is 11.6 Å². The van der Waals surface area contributed by atoms with E-state index in [1.165, 1.54) is 45.3 Å². The lowest BCUT2D eigenvalue weighted by Gasteiger charge is -2.17. The molecule has 1 saturated heterocycles. The van der Waals surface area contributed by atoms with Gasteiger partial charge >= 0.3 is 0 Å². The van der Waals surface area contributed by atoms with Crippen molar-refractivity contribution < 1.29 is 0 Å². The summed E-state index contributed by atoms with van der Waals surface area (Å²) in [6.07, 6.45) is 5.44. The Kier molecular flexibility index (Phi) is 3.69. The number of rotatable bonds is 6. The van der Waals surface area contributed by atoms with Gasteiger partial charge in [0.2, 0.25) is 0 Å². The highest BCUT2D eigenvalue weighted by atomic mass is 35.5. The van der Waals surface area contributed by atoms with E-state index in [0.29, 0.717) is 5.41 Å². The fourth-order valence-electron chi connectivity index (χ4n) is 2.13. The van der Waals surface area contributed by atoms with Gasteiger partial charge in [-0.15, -0.1) is 11.6 Å². The molecular formula is C11H21ClN2. The molecule has 14 heavy (non-hydrogen) atoms. The summed E-state index contributed by atoms with van der Waals surface area (Å²) in [5, 5.41) is 3.54. The Bertz CT molecular complexity index is 174. The van der Waals surface area contributed by atoms with Gasteiger partial charge in [-0.1, -0.05) is 0 Å². The molecule has 3 heteroatoms. The molecule has 0 aromatic heterocycles. The molecule has 0 aromatic rings. The summed E-state index contributed by atoms with van der Waals surface area (Å²) in [5.41, 5.74) is 0.479. The van der Waals surface area contributed by atoms with Crippen LogP contribution < -0.4 is 5.32 Å². The van der Waals surface area contributed by atoms with Gasteiger partial charge < -0.3 is 10.2 Å². The van der Waals surface area contributed by atoms with Gasteiger partial charge in [0, 0.05) is 25.5 Å². The van der Waals surface area contributed by atoms with Crippen LogP contribution in [-0.2, 0) is 0 Å². The van der Waals surface area contributed by atoms with Gasteiger partial charge in [0.1, 0.15) is 0 Å². The smallest absolute Gasteiger partial charge is 0.0292 e. The molecule has 2 aliphatic rings. The maximum atomic E-state index is 5.91. The first-order valence-corrected chi connectivity index (χ1v) is 6.37. The molecule has 0 unspecified atom stereocenters. The first-order chi connectivity index (χ1) is 6.85. The van der Waals surface area contributed by atoms with Crippen LogP contribution in [0.2, 0.25) is 0 Å². The van der Waals surface area contributed by atoms with Gasteiger partial charge in [-0.3, -0.25) is 0 Å². The van der Waals surface area contributed by atoms with Crippen LogP contribution in [0.1, 0.15) is 25.7 Å². The average molecular weight is 217 g/mol. The van der Waals surface area contributed by atoms with E-state index >= 15 is 0 Å². The monoisotopic (exact) mass is 216 g/mol. The lowest BCUT2D eigenvalue weighted by atomic mass is 10.1. The topological polar surface area (TPSA) is 15.3 Å².